The van der Waals surface area contributed by atoms with Crippen molar-refractivity contribution in [1.82, 2.24) is 9.62 Å². The van der Waals surface area contributed by atoms with Crippen LogP contribution < -0.4 is 5.32 Å². The monoisotopic (exact) mass is 390 g/mol. The SMILES string of the molecule is Cc1cccc(CS(=O)(=O)N2CCC(C(=O)N[C@@H]3C[C@@H]4CC[C@@H]3C4)CC2)c1. The van der Waals surface area contributed by atoms with Gasteiger partial charge < -0.3 is 5.32 Å². The highest BCUT2D eigenvalue weighted by molar-refractivity contribution is 7.88. The van der Waals surface area contributed by atoms with Crippen LogP contribution in [0.3, 0.4) is 0 Å². The molecule has 1 aliphatic heterocycles. The van der Waals surface area contributed by atoms with Crippen LogP contribution in [0.2, 0.25) is 0 Å². The quantitative estimate of drug-likeness (QED) is 0.841. The van der Waals surface area contributed by atoms with Gasteiger partial charge in [0.25, 0.3) is 0 Å². The summed E-state index contributed by atoms with van der Waals surface area (Å²) in [5.74, 6) is 1.62. The fourth-order valence-electron chi connectivity index (χ4n) is 5.22. The number of piperidine rings is 1. The zero-order valence-corrected chi connectivity index (χ0v) is 16.9. The molecule has 3 atom stereocenters. The molecule has 2 saturated carbocycles. The highest BCUT2D eigenvalue weighted by Crippen LogP contribution is 2.44. The first kappa shape index (κ1) is 18.9. The summed E-state index contributed by atoms with van der Waals surface area (Å²) in [7, 11) is -3.33. The second kappa shape index (κ2) is 7.55. The fourth-order valence-corrected chi connectivity index (χ4v) is 6.77. The standard InChI is InChI=1S/C21H30N2O3S/c1-15-3-2-4-17(11-15)14-27(25,26)23-9-7-18(8-10-23)21(24)22-20-13-16-5-6-19(20)12-16/h2-4,11,16,18-20H,5-10,12-14H2,1H3,(H,22,24)/t16-,19-,20-/m1/s1. The molecule has 0 aromatic heterocycles. The van der Waals surface area contributed by atoms with E-state index < -0.39 is 10.0 Å². The number of hydrogen-bond donors (Lipinski definition) is 1. The highest BCUT2D eigenvalue weighted by atomic mass is 32.2. The van der Waals surface area contributed by atoms with Gasteiger partial charge in [-0.25, -0.2) is 12.7 Å². The summed E-state index contributed by atoms with van der Waals surface area (Å²) in [6, 6.07) is 8.01. The second-order valence-corrected chi connectivity index (χ2v) is 10.7. The summed E-state index contributed by atoms with van der Waals surface area (Å²) >= 11 is 0. The minimum absolute atomic E-state index is 0.0384. The van der Waals surface area contributed by atoms with E-state index in [9.17, 15) is 13.2 Å². The van der Waals surface area contributed by atoms with E-state index in [1.54, 1.807) is 4.31 Å². The van der Waals surface area contributed by atoms with E-state index in [-0.39, 0.29) is 17.6 Å². The van der Waals surface area contributed by atoms with Gasteiger partial charge >= 0.3 is 0 Å². The maximum absolute atomic E-state index is 12.7. The lowest BCUT2D eigenvalue weighted by atomic mass is 9.93. The number of aryl methyl sites for hydroxylation is 1. The van der Waals surface area contributed by atoms with Gasteiger partial charge in [0.2, 0.25) is 15.9 Å². The third-order valence-corrected chi connectivity index (χ3v) is 8.57. The largest absolute Gasteiger partial charge is 0.353 e. The Labute approximate surface area is 162 Å². The molecule has 1 heterocycles. The summed E-state index contributed by atoms with van der Waals surface area (Å²) in [4.78, 5) is 12.6. The normalized spacial score (nSPS) is 29.1. The minimum Gasteiger partial charge on any atom is -0.353 e. The molecule has 5 nitrogen and oxygen atoms in total. The van der Waals surface area contributed by atoms with E-state index in [1.807, 2.05) is 31.2 Å². The number of hydrogen-bond acceptors (Lipinski definition) is 3. The Hall–Kier alpha value is -1.40. The number of carbonyl (C=O) groups excluding carboxylic acids is 1. The second-order valence-electron chi connectivity index (χ2n) is 8.71. The van der Waals surface area contributed by atoms with E-state index in [0.717, 1.165) is 23.5 Å². The van der Waals surface area contributed by atoms with Crippen LogP contribution in [0.5, 0.6) is 0 Å². The van der Waals surface area contributed by atoms with Gasteiger partial charge in [0.05, 0.1) is 5.75 Å². The first-order valence-electron chi connectivity index (χ1n) is 10.2. The van der Waals surface area contributed by atoms with Crippen molar-refractivity contribution in [1.29, 1.82) is 0 Å². The van der Waals surface area contributed by atoms with Crippen LogP contribution in [-0.2, 0) is 20.6 Å². The zero-order valence-electron chi connectivity index (χ0n) is 16.1. The molecular weight excluding hydrogens is 360 g/mol. The Morgan fingerprint density at radius 3 is 2.56 bits per heavy atom. The first-order valence-corrected chi connectivity index (χ1v) is 11.9. The van der Waals surface area contributed by atoms with Crippen LogP contribution in [-0.4, -0.2) is 37.8 Å². The van der Waals surface area contributed by atoms with Gasteiger partial charge in [-0.1, -0.05) is 36.2 Å². The fraction of sp³-hybridized carbons (Fsp3) is 0.667. The molecule has 3 fully saturated rings. The number of sulfonamides is 1. The van der Waals surface area contributed by atoms with Crippen LogP contribution in [0.4, 0.5) is 0 Å². The molecule has 3 aliphatic rings. The molecule has 0 spiro atoms. The lowest BCUT2D eigenvalue weighted by Crippen LogP contribution is -2.46. The summed E-state index contributed by atoms with van der Waals surface area (Å²) in [5, 5.41) is 3.27. The number of nitrogens with zero attached hydrogens (tertiary/aromatic N) is 1. The molecule has 1 amide bonds. The van der Waals surface area contributed by atoms with Crippen LogP contribution in [0.15, 0.2) is 24.3 Å². The van der Waals surface area contributed by atoms with Crippen molar-refractivity contribution in [3.05, 3.63) is 35.4 Å². The van der Waals surface area contributed by atoms with E-state index in [4.69, 9.17) is 0 Å². The maximum Gasteiger partial charge on any atom is 0.223 e. The number of benzene rings is 1. The zero-order chi connectivity index (χ0) is 19.0. The van der Waals surface area contributed by atoms with Crippen LogP contribution in [0, 0.1) is 24.7 Å². The van der Waals surface area contributed by atoms with Gasteiger partial charge in [0.15, 0.2) is 0 Å². The summed E-state index contributed by atoms with van der Waals surface area (Å²) in [6.45, 7) is 2.86. The van der Waals surface area contributed by atoms with E-state index in [2.05, 4.69) is 5.32 Å². The van der Waals surface area contributed by atoms with Gasteiger partial charge in [-0.3, -0.25) is 4.79 Å². The molecule has 0 radical (unpaired) electrons. The Bertz CT molecular complexity index is 799. The maximum atomic E-state index is 12.7. The third-order valence-electron chi connectivity index (χ3n) is 6.72. The summed E-state index contributed by atoms with van der Waals surface area (Å²) in [5.41, 5.74) is 1.89. The minimum atomic E-state index is -3.33. The number of carbonyl (C=O) groups is 1. The van der Waals surface area contributed by atoms with Crippen molar-refractivity contribution < 1.29 is 13.2 Å². The van der Waals surface area contributed by atoms with Gasteiger partial charge in [0.1, 0.15) is 0 Å². The Morgan fingerprint density at radius 1 is 1.15 bits per heavy atom. The predicted molar refractivity (Wildman–Crippen MR) is 105 cm³/mol. The Morgan fingerprint density at radius 2 is 1.93 bits per heavy atom. The topological polar surface area (TPSA) is 66.5 Å². The Kier molecular flexibility index (Phi) is 5.30. The molecule has 27 heavy (non-hydrogen) atoms. The predicted octanol–water partition coefficient (Wildman–Crippen LogP) is 2.84. The van der Waals surface area contributed by atoms with Crippen molar-refractivity contribution in [2.75, 3.05) is 13.1 Å². The molecule has 2 aliphatic carbocycles. The summed E-state index contributed by atoms with van der Waals surface area (Å²) in [6.07, 6.45) is 6.25. The van der Waals surface area contributed by atoms with E-state index in [1.165, 1.54) is 19.3 Å². The third kappa shape index (κ3) is 4.21. The molecule has 1 N–H and O–H groups in total. The van der Waals surface area contributed by atoms with Gasteiger partial charge in [0, 0.05) is 25.0 Å². The van der Waals surface area contributed by atoms with Gasteiger partial charge in [-0.05, 0) is 56.4 Å². The van der Waals surface area contributed by atoms with Crippen molar-refractivity contribution in [3.8, 4) is 0 Å². The molecule has 6 heteroatoms. The molecular formula is C21H30N2O3S. The number of fused-ring (bicyclic) bond motifs is 2. The highest BCUT2D eigenvalue weighted by Gasteiger charge is 2.41. The summed E-state index contributed by atoms with van der Waals surface area (Å²) < 4.78 is 27.0. The number of rotatable bonds is 5. The van der Waals surface area contributed by atoms with E-state index >= 15 is 0 Å². The van der Waals surface area contributed by atoms with Crippen molar-refractivity contribution in [3.63, 3.8) is 0 Å². The number of nitrogens with one attached hydrogen (secondary N) is 1. The molecule has 2 bridgehead atoms. The average molecular weight is 391 g/mol. The first-order chi connectivity index (χ1) is 12.9. The molecule has 1 aromatic rings. The molecule has 1 aromatic carbocycles. The van der Waals surface area contributed by atoms with Gasteiger partial charge in [-0.2, -0.15) is 0 Å². The lowest BCUT2D eigenvalue weighted by molar-refractivity contribution is -0.127. The smallest absolute Gasteiger partial charge is 0.223 e. The van der Waals surface area contributed by atoms with Crippen LogP contribution in [0.25, 0.3) is 0 Å². The van der Waals surface area contributed by atoms with E-state index in [0.29, 0.717) is 37.9 Å². The molecule has 4 rings (SSSR count). The average Bonchev–Trinajstić information content (AvgIpc) is 3.24. The van der Waals surface area contributed by atoms with Crippen LogP contribution >= 0.6 is 0 Å². The molecule has 148 valence electrons. The van der Waals surface area contributed by atoms with Gasteiger partial charge in [-0.15, -0.1) is 0 Å². The van der Waals surface area contributed by atoms with Crippen molar-refractivity contribution in [2.24, 2.45) is 17.8 Å². The van der Waals surface area contributed by atoms with Crippen molar-refractivity contribution in [2.45, 2.75) is 57.2 Å². The van der Waals surface area contributed by atoms with Crippen LogP contribution in [0.1, 0.15) is 49.7 Å². The lowest BCUT2D eigenvalue weighted by Gasteiger charge is -2.32. The molecule has 0 unspecified atom stereocenters. The Balaban J connectivity index is 1.29. The van der Waals surface area contributed by atoms with Crippen molar-refractivity contribution >= 4 is 15.9 Å². The molecule has 1 saturated heterocycles. The number of amides is 1.